The van der Waals surface area contributed by atoms with Gasteiger partial charge in [-0.1, -0.05) is 34.1 Å². The SMILES string of the molecule is N#CC(NC(=O)O[C@H]1CCCN1C(=O)Cc1ccc(Br)cc1)c1ccc2c(c1)OCO2. The number of nitrogens with one attached hydrogen (secondary N) is 1. The van der Waals surface area contributed by atoms with E-state index in [-0.39, 0.29) is 19.1 Å². The molecular weight excluding hydrogens is 466 g/mol. The van der Waals surface area contributed by atoms with Gasteiger partial charge in [0.2, 0.25) is 12.7 Å². The summed E-state index contributed by atoms with van der Waals surface area (Å²) < 4.78 is 17.0. The first-order valence-electron chi connectivity index (χ1n) is 9.84. The van der Waals surface area contributed by atoms with E-state index in [1.165, 1.54) is 0 Å². The summed E-state index contributed by atoms with van der Waals surface area (Å²) >= 11 is 3.38. The van der Waals surface area contributed by atoms with Gasteiger partial charge in [0, 0.05) is 17.4 Å². The number of hydrogen-bond donors (Lipinski definition) is 1. The fourth-order valence-electron chi connectivity index (χ4n) is 3.58. The highest BCUT2D eigenvalue weighted by Gasteiger charge is 2.32. The summed E-state index contributed by atoms with van der Waals surface area (Å²) in [6.07, 6.45) is 0.123. The van der Waals surface area contributed by atoms with Crippen molar-refractivity contribution in [2.24, 2.45) is 0 Å². The van der Waals surface area contributed by atoms with Crippen LogP contribution in [0, 0.1) is 11.3 Å². The van der Waals surface area contributed by atoms with Crippen LogP contribution >= 0.6 is 15.9 Å². The Morgan fingerprint density at radius 3 is 2.77 bits per heavy atom. The summed E-state index contributed by atoms with van der Waals surface area (Å²) in [6, 6.07) is 13.7. The molecule has 4 rings (SSSR count). The van der Waals surface area contributed by atoms with Crippen molar-refractivity contribution in [3.8, 4) is 17.6 Å². The van der Waals surface area contributed by atoms with Crippen molar-refractivity contribution in [2.75, 3.05) is 13.3 Å². The van der Waals surface area contributed by atoms with Gasteiger partial charge in [0.1, 0.15) is 6.04 Å². The largest absolute Gasteiger partial charge is 0.454 e. The molecule has 0 spiro atoms. The Bertz CT molecular complexity index is 1020. The number of rotatable bonds is 5. The molecule has 2 aliphatic heterocycles. The number of amides is 2. The average molecular weight is 486 g/mol. The number of carbonyl (C=O) groups excluding carboxylic acids is 2. The molecule has 1 unspecified atom stereocenters. The van der Waals surface area contributed by atoms with Gasteiger partial charge in [-0.3, -0.25) is 4.79 Å². The van der Waals surface area contributed by atoms with Crippen molar-refractivity contribution in [2.45, 2.75) is 31.5 Å². The van der Waals surface area contributed by atoms with E-state index in [9.17, 15) is 14.9 Å². The van der Waals surface area contributed by atoms with E-state index in [0.29, 0.717) is 30.0 Å². The number of fused-ring (bicyclic) bond motifs is 1. The smallest absolute Gasteiger partial charge is 0.410 e. The quantitative estimate of drug-likeness (QED) is 0.693. The first-order chi connectivity index (χ1) is 15.0. The van der Waals surface area contributed by atoms with E-state index in [4.69, 9.17) is 14.2 Å². The Labute approximate surface area is 187 Å². The fraction of sp³-hybridized carbons (Fsp3) is 0.318. The number of carbonyl (C=O) groups is 2. The first kappa shape index (κ1) is 21.0. The summed E-state index contributed by atoms with van der Waals surface area (Å²) in [6.45, 7) is 0.647. The van der Waals surface area contributed by atoms with Gasteiger partial charge < -0.3 is 24.4 Å². The van der Waals surface area contributed by atoms with Crippen LogP contribution in [0.25, 0.3) is 0 Å². The molecule has 2 heterocycles. The van der Waals surface area contributed by atoms with Crippen LogP contribution in [0.5, 0.6) is 11.5 Å². The molecule has 1 saturated heterocycles. The second-order valence-electron chi connectivity index (χ2n) is 7.21. The number of likely N-dealkylation sites (tertiary alicyclic amines) is 1. The van der Waals surface area contributed by atoms with E-state index in [0.717, 1.165) is 16.5 Å². The number of hydrogen-bond acceptors (Lipinski definition) is 6. The van der Waals surface area contributed by atoms with Gasteiger partial charge in [-0.05, 0) is 41.8 Å². The molecule has 1 N–H and O–H groups in total. The molecule has 0 aliphatic carbocycles. The zero-order chi connectivity index (χ0) is 21.8. The van der Waals surface area contributed by atoms with Crippen molar-refractivity contribution in [3.05, 3.63) is 58.1 Å². The highest BCUT2D eigenvalue weighted by atomic mass is 79.9. The molecule has 0 aromatic heterocycles. The van der Waals surface area contributed by atoms with Gasteiger partial charge in [-0.15, -0.1) is 0 Å². The topological polar surface area (TPSA) is 101 Å². The molecule has 9 heteroatoms. The molecule has 2 amide bonds. The van der Waals surface area contributed by atoms with Crippen LogP contribution in [-0.4, -0.2) is 36.5 Å². The summed E-state index contributed by atoms with van der Waals surface area (Å²) in [5.41, 5.74) is 1.44. The third-order valence-electron chi connectivity index (χ3n) is 5.15. The molecule has 2 atom stereocenters. The van der Waals surface area contributed by atoms with Crippen LogP contribution in [0.15, 0.2) is 46.9 Å². The van der Waals surface area contributed by atoms with Crippen molar-refractivity contribution in [1.82, 2.24) is 10.2 Å². The molecule has 2 aliphatic rings. The maximum absolute atomic E-state index is 12.7. The maximum Gasteiger partial charge on any atom is 0.410 e. The number of alkyl carbamates (subject to hydrolysis) is 1. The van der Waals surface area contributed by atoms with Gasteiger partial charge in [-0.2, -0.15) is 5.26 Å². The van der Waals surface area contributed by atoms with Gasteiger partial charge in [-0.25, -0.2) is 4.79 Å². The Kier molecular flexibility index (Phi) is 6.28. The van der Waals surface area contributed by atoms with E-state index < -0.39 is 18.4 Å². The Balaban J connectivity index is 1.36. The summed E-state index contributed by atoms with van der Waals surface area (Å²) in [5.74, 6) is 1.01. The molecule has 0 bridgehead atoms. The first-order valence-corrected chi connectivity index (χ1v) is 10.6. The standard InChI is InChI=1S/C22H20BrN3O5/c23-16-6-3-14(4-7-16)10-20(27)26-9-1-2-21(26)31-22(28)25-17(12-24)15-5-8-18-19(11-15)30-13-29-18/h3-8,11,17,21H,1-2,9-10,13H2,(H,25,28)/t17?,21-/m0/s1. The highest BCUT2D eigenvalue weighted by Crippen LogP contribution is 2.34. The lowest BCUT2D eigenvalue weighted by Gasteiger charge is -2.25. The second-order valence-corrected chi connectivity index (χ2v) is 8.13. The van der Waals surface area contributed by atoms with Crippen molar-refractivity contribution in [1.29, 1.82) is 5.26 Å². The Morgan fingerprint density at radius 1 is 1.23 bits per heavy atom. The van der Waals surface area contributed by atoms with Gasteiger partial charge in [0.05, 0.1) is 12.5 Å². The number of halogens is 1. The average Bonchev–Trinajstić information content (AvgIpc) is 3.42. The van der Waals surface area contributed by atoms with Crippen molar-refractivity contribution >= 4 is 27.9 Å². The predicted molar refractivity (Wildman–Crippen MR) is 113 cm³/mol. The Morgan fingerprint density at radius 2 is 2.00 bits per heavy atom. The molecule has 160 valence electrons. The number of ether oxygens (including phenoxy) is 3. The minimum Gasteiger partial charge on any atom is -0.454 e. The predicted octanol–water partition coefficient (Wildman–Crippen LogP) is 3.66. The van der Waals surface area contributed by atoms with Gasteiger partial charge in [0.25, 0.3) is 0 Å². The molecule has 0 saturated carbocycles. The third kappa shape index (κ3) is 4.91. The normalized spacial score (nSPS) is 17.7. The molecule has 0 radical (unpaired) electrons. The number of nitrogens with zero attached hydrogens (tertiary/aromatic N) is 2. The molecule has 31 heavy (non-hydrogen) atoms. The lowest BCUT2D eigenvalue weighted by Crippen LogP contribution is -2.41. The number of benzene rings is 2. The molecule has 1 fully saturated rings. The summed E-state index contributed by atoms with van der Waals surface area (Å²) in [4.78, 5) is 26.8. The highest BCUT2D eigenvalue weighted by molar-refractivity contribution is 9.10. The van der Waals surface area contributed by atoms with Crippen LogP contribution < -0.4 is 14.8 Å². The fourth-order valence-corrected chi connectivity index (χ4v) is 3.84. The minimum absolute atomic E-state index is 0.106. The zero-order valence-corrected chi connectivity index (χ0v) is 18.1. The van der Waals surface area contributed by atoms with Crippen molar-refractivity contribution in [3.63, 3.8) is 0 Å². The zero-order valence-electron chi connectivity index (χ0n) is 16.5. The van der Waals surface area contributed by atoms with Crippen molar-refractivity contribution < 1.29 is 23.8 Å². The van der Waals surface area contributed by atoms with E-state index in [2.05, 4.69) is 21.2 Å². The van der Waals surface area contributed by atoms with E-state index in [1.54, 1.807) is 23.1 Å². The second kappa shape index (κ2) is 9.27. The minimum atomic E-state index is -0.921. The van der Waals surface area contributed by atoms with Crippen LogP contribution in [0.4, 0.5) is 4.79 Å². The van der Waals surface area contributed by atoms with Crippen LogP contribution in [0.3, 0.4) is 0 Å². The van der Waals surface area contributed by atoms with Crippen LogP contribution in [-0.2, 0) is 16.0 Å². The summed E-state index contributed by atoms with van der Waals surface area (Å²) in [5, 5.41) is 12.1. The van der Waals surface area contributed by atoms with Crippen LogP contribution in [0.2, 0.25) is 0 Å². The van der Waals surface area contributed by atoms with Gasteiger partial charge >= 0.3 is 6.09 Å². The third-order valence-corrected chi connectivity index (χ3v) is 5.68. The van der Waals surface area contributed by atoms with E-state index in [1.807, 2.05) is 30.3 Å². The molecule has 2 aromatic rings. The van der Waals surface area contributed by atoms with Gasteiger partial charge in [0.15, 0.2) is 17.7 Å². The molecule has 2 aromatic carbocycles. The van der Waals surface area contributed by atoms with Crippen LogP contribution in [0.1, 0.15) is 30.0 Å². The molecular formula is C22H20BrN3O5. The maximum atomic E-state index is 12.7. The summed E-state index contributed by atoms with van der Waals surface area (Å²) in [7, 11) is 0. The lowest BCUT2D eigenvalue weighted by atomic mass is 10.1. The number of nitriles is 1. The van der Waals surface area contributed by atoms with E-state index >= 15 is 0 Å². The molecule has 8 nitrogen and oxygen atoms in total. The Hall–Kier alpha value is -3.25. The lowest BCUT2D eigenvalue weighted by molar-refractivity contribution is -0.137. The monoisotopic (exact) mass is 485 g/mol.